The number of aryl methyl sites for hydroxylation is 1. The Morgan fingerprint density at radius 2 is 2.19 bits per heavy atom. The van der Waals surface area contributed by atoms with Crippen LogP contribution in [0.1, 0.15) is 38.9 Å². The molecule has 0 radical (unpaired) electrons. The summed E-state index contributed by atoms with van der Waals surface area (Å²) in [5.74, 6) is 1.13. The zero-order valence-corrected chi connectivity index (χ0v) is 13.7. The molecule has 0 atom stereocenters. The number of aromatic nitrogens is 1. The third-order valence-electron chi connectivity index (χ3n) is 3.23. The Balaban J connectivity index is 2.31. The molecule has 1 aromatic rings. The van der Waals surface area contributed by atoms with E-state index in [1.165, 1.54) is 7.11 Å². The standard InChI is InChI=1S/C15H27N3O3/c1-15(2,9-6-10-18(3)4)16-13(19)8-7-12-11-14(20-5)17-21-12/h11H,6-10H2,1-5H3,(H,16,19). The summed E-state index contributed by atoms with van der Waals surface area (Å²) in [4.78, 5) is 14.1. The summed E-state index contributed by atoms with van der Waals surface area (Å²) < 4.78 is 10.0. The molecule has 0 aliphatic carbocycles. The van der Waals surface area contributed by atoms with Crippen molar-refractivity contribution >= 4 is 5.91 Å². The minimum absolute atomic E-state index is 0.0280. The smallest absolute Gasteiger partial charge is 0.254 e. The number of nitrogens with one attached hydrogen (secondary N) is 1. The van der Waals surface area contributed by atoms with Crippen LogP contribution in [0.4, 0.5) is 0 Å². The van der Waals surface area contributed by atoms with Crippen molar-refractivity contribution in [1.29, 1.82) is 0 Å². The minimum Gasteiger partial charge on any atom is -0.479 e. The van der Waals surface area contributed by atoms with Crippen LogP contribution in [-0.4, -0.2) is 49.3 Å². The van der Waals surface area contributed by atoms with E-state index >= 15 is 0 Å². The van der Waals surface area contributed by atoms with Crippen LogP contribution in [0, 0.1) is 0 Å². The molecule has 21 heavy (non-hydrogen) atoms. The highest BCUT2D eigenvalue weighted by Gasteiger charge is 2.20. The van der Waals surface area contributed by atoms with E-state index in [4.69, 9.17) is 9.26 Å². The normalized spacial score (nSPS) is 11.7. The monoisotopic (exact) mass is 297 g/mol. The average Bonchev–Trinajstić information content (AvgIpc) is 2.83. The quantitative estimate of drug-likeness (QED) is 0.753. The van der Waals surface area contributed by atoms with E-state index < -0.39 is 0 Å². The molecule has 6 heteroatoms. The fraction of sp³-hybridized carbons (Fsp3) is 0.733. The second-order valence-electron chi connectivity index (χ2n) is 6.17. The topological polar surface area (TPSA) is 67.6 Å². The first kappa shape index (κ1) is 17.5. The number of rotatable bonds is 9. The van der Waals surface area contributed by atoms with Crippen molar-refractivity contribution in [3.8, 4) is 5.88 Å². The second-order valence-corrected chi connectivity index (χ2v) is 6.17. The summed E-state index contributed by atoms with van der Waals surface area (Å²) in [6.07, 6.45) is 2.91. The largest absolute Gasteiger partial charge is 0.479 e. The van der Waals surface area contributed by atoms with E-state index in [1.54, 1.807) is 6.07 Å². The molecule has 0 saturated carbocycles. The van der Waals surface area contributed by atoms with Gasteiger partial charge < -0.3 is 19.5 Å². The summed E-state index contributed by atoms with van der Waals surface area (Å²) in [5.41, 5.74) is -0.188. The van der Waals surface area contributed by atoms with Crippen LogP contribution in [0.5, 0.6) is 5.88 Å². The maximum Gasteiger partial charge on any atom is 0.254 e. The molecule has 6 nitrogen and oxygen atoms in total. The highest BCUT2D eigenvalue weighted by molar-refractivity contribution is 5.76. The van der Waals surface area contributed by atoms with Crippen LogP contribution in [0.2, 0.25) is 0 Å². The maximum atomic E-state index is 12.0. The van der Waals surface area contributed by atoms with Gasteiger partial charge in [-0.15, -0.1) is 0 Å². The molecular formula is C15H27N3O3. The van der Waals surface area contributed by atoms with Crippen molar-refractivity contribution in [2.45, 2.75) is 45.1 Å². The molecule has 0 bridgehead atoms. The Labute approximate surface area is 126 Å². The van der Waals surface area contributed by atoms with Gasteiger partial charge in [0.15, 0.2) is 0 Å². The minimum atomic E-state index is -0.188. The Morgan fingerprint density at radius 1 is 1.48 bits per heavy atom. The number of ether oxygens (including phenoxy) is 1. The van der Waals surface area contributed by atoms with Crippen LogP contribution in [-0.2, 0) is 11.2 Å². The van der Waals surface area contributed by atoms with Crippen molar-refractivity contribution in [2.75, 3.05) is 27.7 Å². The van der Waals surface area contributed by atoms with E-state index in [-0.39, 0.29) is 11.4 Å². The van der Waals surface area contributed by atoms with Gasteiger partial charge in [0, 0.05) is 24.4 Å². The first-order valence-electron chi connectivity index (χ1n) is 7.28. The molecular weight excluding hydrogens is 270 g/mol. The van der Waals surface area contributed by atoms with Crippen molar-refractivity contribution < 1.29 is 14.1 Å². The fourth-order valence-electron chi connectivity index (χ4n) is 2.08. The van der Waals surface area contributed by atoms with Gasteiger partial charge in [-0.3, -0.25) is 4.79 Å². The summed E-state index contributed by atoms with van der Waals surface area (Å²) in [5, 5.41) is 6.78. The Kier molecular flexibility index (Phi) is 6.68. The van der Waals surface area contributed by atoms with Crippen molar-refractivity contribution in [2.24, 2.45) is 0 Å². The molecule has 0 fully saturated rings. The molecule has 0 aliphatic rings. The molecule has 1 rings (SSSR count). The third kappa shape index (κ3) is 7.13. The average molecular weight is 297 g/mol. The lowest BCUT2D eigenvalue weighted by molar-refractivity contribution is -0.122. The summed E-state index contributed by atoms with van der Waals surface area (Å²) in [6.45, 7) is 5.13. The highest BCUT2D eigenvalue weighted by Crippen LogP contribution is 2.14. The van der Waals surface area contributed by atoms with Crippen LogP contribution < -0.4 is 10.1 Å². The number of carbonyl (C=O) groups is 1. The zero-order valence-electron chi connectivity index (χ0n) is 13.7. The maximum absolute atomic E-state index is 12.0. The Bertz CT molecular complexity index is 441. The third-order valence-corrected chi connectivity index (χ3v) is 3.23. The van der Waals surface area contributed by atoms with Gasteiger partial charge >= 0.3 is 0 Å². The van der Waals surface area contributed by atoms with Crippen molar-refractivity contribution in [3.05, 3.63) is 11.8 Å². The predicted octanol–water partition coefficient (Wildman–Crippen LogP) is 1.85. The van der Waals surface area contributed by atoms with E-state index in [1.807, 2.05) is 0 Å². The summed E-state index contributed by atoms with van der Waals surface area (Å²) in [6, 6.07) is 1.70. The van der Waals surface area contributed by atoms with Crippen molar-refractivity contribution in [3.63, 3.8) is 0 Å². The van der Waals surface area contributed by atoms with E-state index in [0.717, 1.165) is 19.4 Å². The van der Waals surface area contributed by atoms with Crippen LogP contribution >= 0.6 is 0 Å². The number of methoxy groups -OCH3 is 1. The van der Waals surface area contributed by atoms with Gasteiger partial charge in [-0.25, -0.2) is 0 Å². The molecule has 1 heterocycles. The molecule has 1 amide bonds. The molecule has 120 valence electrons. The van der Waals surface area contributed by atoms with Gasteiger partial charge in [-0.1, -0.05) is 0 Å². The molecule has 1 aromatic heterocycles. The lowest BCUT2D eigenvalue weighted by Gasteiger charge is -2.27. The number of carbonyl (C=O) groups excluding carboxylic acids is 1. The summed E-state index contributed by atoms with van der Waals surface area (Å²) in [7, 11) is 5.64. The SMILES string of the molecule is COc1cc(CCC(=O)NC(C)(C)CCCN(C)C)on1. The number of amides is 1. The molecule has 0 unspecified atom stereocenters. The van der Waals surface area contributed by atoms with Gasteiger partial charge in [-0.2, -0.15) is 0 Å². The first-order valence-corrected chi connectivity index (χ1v) is 7.28. The van der Waals surface area contributed by atoms with Gasteiger partial charge in [-0.05, 0) is 52.5 Å². The zero-order chi connectivity index (χ0) is 15.9. The number of hydrogen-bond donors (Lipinski definition) is 1. The molecule has 1 N–H and O–H groups in total. The van der Waals surface area contributed by atoms with Gasteiger partial charge in [0.1, 0.15) is 5.76 Å². The second kappa shape index (κ2) is 8.02. The van der Waals surface area contributed by atoms with Gasteiger partial charge in [0.25, 0.3) is 5.88 Å². The van der Waals surface area contributed by atoms with Crippen LogP contribution in [0.15, 0.2) is 10.6 Å². The number of nitrogens with zero attached hydrogens (tertiary/aromatic N) is 2. The van der Waals surface area contributed by atoms with E-state index in [2.05, 4.69) is 43.3 Å². The lowest BCUT2D eigenvalue weighted by Crippen LogP contribution is -2.43. The molecule has 0 aromatic carbocycles. The van der Waals surface area contributed by atoms with Gasteiger partial charge in [0.2, 0.25) is 5.91 Å². The highest BCUT2D eigenvalue weighted by atomic mass is 16.5. The fourth-order valence-corrected chi connectivity index (χ4v) is 2.08. The van der Waals surface area contributed by atoms with Crippen molar-refractivity contribution in [1.82, 2.24) is 15.4 Å². The van der Waals surface area contributed by atoms with E-state index in [9.17, 15) is 4.79 Å². The Morgan fingerprint density at radius 3 is 2.76 bits per heavy atom. The first-order chi connectivity index (χ1) is 9.82. The van der Waals surface area contributed by atoms with Gasteiger partial charge in [0.05, 0.1) is 7.11 Å². The molecule has 0 saturated heterocycles. The van der Waals surface area contributed by atoms with Crippen LogP contribution in [0.25, 0.3) is 0 Å². The predicted molar refractivity (Wildman–Crippen MR) is 81.4 cm³/mol. The Hall–Kier alpha value is -1.56. The number of hydrogen-bond acceptors (Lipinski definition) is 5. The van der Waals surface area contributed by atoms with Crippen LogP contribution in [0.3, 0.4) is 0 Å². The molecule has 0 aliphatic heterocycles. The van der Waals surface area contributed by atoms with E-state index in [0.29, 0.717) is 24.5 Å². The molecule has 0 spiro atoms. The summed E-state index contributed by atoms with van der Waals surface area (Å²) >= 11 is 0. The lowest BCUT2D eigenvalue weighted by atomic mass is 9.98.